The quantitative estimate of drug-likeness (QED) is 0.186. The van der Waals surface area contributed by atoms with E-state index in [4.69, 9.17) is 4.98 Å². The van der Waals surface area contributed by atoms with Gasteiger partial charge in [-0.15, -0.1) is 0 Å². The lowest BCUT2D eigenvalue weighted by Crippen LogP contribution is -2.05. The highest BCUT2D eigenvalue weighted by Crippen LogP contribution is 2.41. The van der Waals surface area contributed by atoms with Gasteiger partial charge in [0.2, 0.25) is 0 Å². The lowest BCUT2D eigenvalue weighted by Gasteiger charge is -2.19. The summed E-state index contributed by atoms with van der Waals surface area (Å²) in [4.78, 5) is 4.81. The zero-order valence-corrected chi connectivity index (χ0v) is 28.5. The van der Waals surface area contributed by atoms with Crippen molar-refractivity contribution in [1.29, 1.82) is 5.26 Å². The van der Waals surface area contributed by atoms with E-state index in [9.17, 15) is 5.26 Å². The monoisotopic (exact) mass is 675 g/mol. The van der Waals surface area contributed by atoms with Gasteiger partial charge in [0, 0.05) is 49.6 Å². The van der Waals surface area contributed by atoms with Crippen LogP contribution in [0.5, 0.6) is 0 Å². The first kappa shape index (κ1) is 29.3. The van der Waals surface area contributed by atoms with E-state index in [1.165, 1.54) is 32.3 Å². The van der Waals surface area contributed by atoms with E-state index in [-0.39, 0.29) is 0 Å². The third-order valence-corrected chi connectivity index (χ3v) is 10.8. The first-order valence-electron chi connectivity index (χ1n) is 17.8. The van der Waals surface area contributed by atoms with E-state index in [0.717, 1.165) is 61.3 Å². The van der Waals surface area contributed by atoms with Crippen LogP contribution in [0.15, 0.2) is 176 Å². The lowest BCUT2D eigenvalue weighted by atomic mass is 9.99. The molecule has 0 N–H and O–H groups in total. The second-order valence-electron chi connectivity index (χ2n) is 13.5. The Morgan fingerprint density at radius 2 is 0.755 bits per heavy atom. The molecule has 5 heteroatoms. The van der Waals surface area contributed by atoms with Crippen LogP contribution in [0, 0.1) is 11.3 Å². The van der Waals surface area contributed by atoms with Crippen molar-refractivity contribution < 1.29 is 0 Å². The fraction of sp³-hybridized carbons (Fsp3) is 0. The second kappa shape index (κ2) is 11.3. The highest BCUT2D eigenvalue weighted by atomic mass is 15.1. The van der Waals surface area contributed by atoms with Gasteiger partial charge in [-0.1, -0.05) is 109 Å². The van der Waals surface area contributed by atoms with E-state index in [2.05, 4.69) is 184 Å². The van der Waals surface area contributed by atoms with Gasteiger partial charge in [-0.05, 0) is 54.6 Å². The molecular weight excluding hydrogens is 647 g/mol. The van der Waals surface area contributed by atoms with E-state index in [1.54, 1.807) is 0 Å². The number of fused-ring (bicyclic) bond motifs is 9. The van der Waals surface area contributed by atoms with E-state index in [1.807, 2.05) is 12.4 Å². The van der Waals surface area contributed by atoms with Crippen molar-refractivity contribution in [2.45, 2.75) is 0 Å². The molecule has 0 saturated carbocycles. The molecule has 0 aliphatic heterocycles. The van der Waals surface area contributed by atoms with Crippen LogP contribution < -0.4 is 0 Å². The van der Waals surface area contributed by atoms with Crippen LogP contribution in [-0.2, 0) is 0 Å². The van der Waals surface area contributed by atoms with Gasteiger partial charge in [0.1, 0.15) is 0 Å². The summed E-state index contributed by atoms with van der Waals surface area (Å²) in [7, 11) is 0. The summed E-state index contributed by atoms with van der Waals surface area (Å²) in [5.74, 6) is 0. The molecule has 0 radical (unpaired) electrons. The maximum Gasteiger partial charge on any atom is 0.0999 e. The van der Waals surface area contributed by atoms with Gasteiger partial charge in [-0.3, -0.25) is 4.98 Å². The minimum absolute atomic E-state index is 0.576. The first-order chi connectivity index (χ1) is 26.3. The number of pyridine rings is 1. The molecule has 5 nitrogen and oxygen atoms in total. The van der Waals surface area contributed by atoms with Gasteiger partial charge < -0.3 is 13.7 Å². The van der Waals surface area contributed by atoms with Crippen LogP contribution in [0.25, 0.3) is 93.6 Å². The van der Waals surface area contributed by atoms with Gasteiger partial charge in [-0.2, -0.15) is 5.26 Å². The smallest absolute Gasteiger partial charge is 0.0999 e. The lowest BCUT2D eigenvalue weighted by molar-refractivity contribution is 1.09. The fourth-order valence-electron chi connectivity index (χ4n) is 8.53. The molecule has 11 aromatic rings. The van der Waals surface area contributed by atoms with Crippen molar-refractivity contribution in [2.24, 2.45) is 0 Å². The summed E-state index contributed by atoms with van der Waals surface area (Å²) in [5.41, 5.74) is 11.7. The highest BCUT2D eigenvalue weighted by Gasteiger charge is 2.22. The Bertz CT molecular complexity index is 3150. The molecule has 0 bridgehead atoms. The van der Waals surface area contributed by atoms with Crippen LogP contribution >= 0.6 is 0 Å². The predicted molar refractivity (Wildman–Crippen MR) is 217 cm³/mol. The average Bonchev–Trinajstić information content (AvgIpc) is 3.86. The largest absolute Gasteiger partial charge is 0.308 e. The van der Waals surface area contributed by atoms with Crippen molar-refractivity contribution in [3.8, 4) is 34.3 Å². The average molecular weight is 676 g/mol. The molecule has 0 amide bonds. The number of benzene rings is 7. The topological polar surface area (TPSA) is 51.5 Å². The summed E-state index contributed by atoms with van der Waals surface area (Å²) in [6.45, 7) is 0. The number of nitriles is 1. The molecule has 4 aromatic heterocycles. The number of rotatable bonds is 4. The number of hydrogen-bond donors (Lipinski definition) is 0. The molecule has 0 aliphatic rings. The maximum atomic E-state index is 10.9. The standard InChI is InChI=1S/C48H29N5/c49-28-31-26-47(52-43-21-9-3-15-36(43)37-16-4-10-22-44(37)52)48(53-45-23-11-5-17-38(45)39-18-6-12-24-46(39)53)27-40(31)32-25-33(30-50-29-32)51-41-19-7-1-13-34(41)35-14-2-8-20-42(35)51/h1-27,29-30H. The molecule has 0 atom stereocenters. The Morgan fingerprint density at radius 3 is 1.15 bits per heavy atom. The van der Waals surface area contributed by atoms with Crippen LogP contribution in [-0.4, -0.2) is 18.7 Å². The van der Waals surface area contributed by atoms with E-state index in [0.29, 0.717) is 5.56 Å². The van der Waals surface area contributed by atoms with Gasteiger partial charge in [0.05, 0.1) is 68.0 Å². The van der Waals surface area contributed by atoms with Gasteiger partial charge in [0.15, 0.2) is 0 Å². The van der Waals surface area contributed by atoms with Crippen LogP contribution in [0.2, 0.25) is 0 Å². The molecule has 11 rings (SSSR count). The fourth-order valence-corrected chi connectivity index (χ4v) is 8.53. The minimum Gasteiger partial charge on any atom is -0.308 e. The molecule has 246 valence electrons. The van der Waals surface area contributed by atoms with Crippen molar-refractivity contribution in [2.75, 3.05) is 0 Å². The highest BCUT2D eigenvalue weighted by molar-refractivity contribution is 6.12. The van der Waals surface area contributed by atoms with E-state index >= 15 is 0 Å². The Kier molecular flexibility index (Phi) is 6.25. The Balaban J connectivity index is 1.25. The molecule has 53 heavy (non-hydrogen) atoms. The molecule has 7 aromatic carbocycles. The Labute approximate surface area is 304 Å². The van der Waals surface area contributed by atoms with Crippen LogP contribution in [0.4, 0.5) is 0 Å². The number of hydrogen-bond acceptors (Lipinski definition) is 2. The van der Waals surface area contributed by atoms with Crippen molar-refractivity contribution in [1.82, 2.24) is 18.7 Å². The normalized spacial score (nSPS) is 11.8. The van der Waals surface area contributed by atoms with Crippen molar-refractivity contribution in [3.63, 3.8) is 0 Å². The first-order valence-corrected chi connectivity index (χ1v) is 17.8. The number of nitrogens with zero attached hydrogens (tertiary/aromatic N) is 5. The summed E-state index contributed by atoms with van der Waals surface area (Å²) in [6, 6.07) is 60.2. The summed E-state index contributed by atoms with van der Waals surface area (Å²) >= 11 is 0. The van der Waals surface area contributed by atoms with E-state index < -0.39 is 0 Å². The Hall–Kier alpha value is -7.42. The SMILES string of the molecule is N#Cc1cc(-n2c3ccccc3c3ccccc32)c(-n2c3ccccc3c3ccccc32)cc1-c1cncc(-n2c3ccccc3c3ccccc32)c1. The van der Waals surface area contributed by atoms with Gasteiger partial charge >= 0.3 is 0 Å². The van der Waals surface area contributed by atoms with Gasteiger partial charge in [0.25, 0.3) is 0 Å². The predicted octanol–water partition coefficient (Wildman–Crippen LogP) is 11.9. The maximum absolute atomic E-state index is 10.9. The molecule has 0 saturated heterocycles. The number of para-hydroxylation sites is 6. The zero-order valence-electron chi connectivity index (χ0n) is 28.5. The van der Waals surface area contributed by atoms with Crippen molar-refractivity contribution >= 4 is 65.4 Å². The molecule has 0 aliphatic carbocycles. The van der Waals surface area contributed by atoms with Crippen LogP contribution in [0.3, 0.4) is 0 Å². The van der Waals surface area contributed by atoms with Gasteiger partial charge in [-0.25, -0.2) is 0 Å². The van der Waals surface area contributed by atoms with Crippen LogP contribution in [0.1, 0.15) is 5.56 Å². The summed E-state index contributed by atoms with van der Waals surface area (Å²) in [6.07, 6.45) is 3.79. The van der Waals surface area contributed by atoms with Crippen molar-refractivity contribution in [3.05, 3.63) is 182 Å². The molecule has 4 heterocycles. The second-order valence-corrected chi connectivity index (χ2v) is 13.5. The summed E-state index contributed by atoms with van der Waals surface area (Å²) < 4.78 is 6.95. The Morgan fingerprint density at radius 1 is 0.396 bits per heavy atom. The zero-order chi connectivity index (χ0) is 35.0. The molecule has 0 unspecified atom stereocenters. The summed E-state index contributed by atoms with van der Waals surface area (Å²) in [5, 5.41) is 18.0. The third kappa shape index (κ3) is 4.21. The molecular formula is C48H29N5. The molecule has 0 fully saturated rings. The minimum atomic E-state index is 0.576. The number of aromatic nitrogens is 4. The third-order valence-electron chi connectivity index (χ3n) is 10.8. The molecule has 0 spiro atoms.